The number of ether oxygens (including phenoxy) is 2. The molecule has 2 fully saturated rings. The van der Waals surface area contributed by atoms with Crippen molar-refractivity contribution >= 4 is 24.1 Å². The predicted molar refractivity (Wildman–Crippen MR) is 110 cm³/mol. The van der Waals surface area contributed by atoms with Crippen LogP contribution in [-0.4, -0.2) is 63.6 Å². The maximum atomic E-state index is 13.2. The molecule has 0 unspecified atom stereocenters. The number of likely N-dealkylation sites (tertiary alicyclic amines) is 1. The average Bonchev–Trinajstić information content (AvgIpc) is 2.74. The van der Waals surface area contributed by atoms with E-state index in [-0.39, 0.29) is 30.0 Å². The summed E-state index contributed by atoms with van der Waals surface area (Å²) in [7, 11) is 3.28. The molecule has 0 aromatic heterocycles. The molecule has 2 heterocycles. The number of carbonyl (C=O) groups excluding carboxylic acids is 2. The van der Waals surface area contributed by atoms with Crippen LogP contribution in [0.5, 0.6) is 5.75 Å². The maximum absolute atomic E-state index is 13.2. The van der Waals surface area contributed by atoms with Crippen molar-refractivity contribution in [1.82, 2.24) is 10.2 Å². The number of Topliss-reactive ketones (excluding diaryl/α,β-unsaturated/α-hetero) is 1. The smallest absolute Gasteiger partial charge is 0.231 e. The Balaban J connectivity index is 0.00000280. The normalized spacial score (nSPS) is 19.6. The lowest BCUT2D eigenvalue weighted by molar-refractivity contribution is -0.148. The third kappa shape index (κ3) is 4.85. The molecule has 0 bridgehead atoms. The second kappa shape index (κ2) is 10.2. The highest BCUT2D eigenvalue weighted by molar-refractivity contribution is 5.98. The number of rotatable bonds is 6. The Hall–Kier alpha value is -1.63. The summed E-state index contributed by atoms with van der Waals surface area (Å²) in [5.74, 6) is 1.09. The second-order valence-corrected chi connectivity index (χ2v) is 7.62. The van der Waals surface area contributed by atoms with Crippen molar-refractivity contribution in [3.8, 4) is 5.75 Å². The number of hydrogen-bond donors (Lipinski definition) is 1. The van der Waals surface area contributed by atoms with Crippen molar-refractivity contribution in [3.63, 3.8) is 0 Å². The van der Waals surface area contributed by atoms with Crippen LogP contribution in [0.25, 0.3) is 0 Å². The molecular weight excluding hydrogens is 380 g/mol. The zero-order valence-electron chi connectivity index (χ0n) is 16.7. The van der Waals surface area contributed by atoms with Gasteiger partial charge in [0.05, 0.1) is 19.1 Å². The lowest BCUT2D eigenvalue weighted by Crippen LogP contribution is -2.53. The number of ketones is 1. The molecule has 0 atom stereocenters. The minimum absolute atomic E-state index is 0. The average molecular weight is 411 g/mol. The Bertz CT molecular complexity index is 645. The second-order valence-electron chi connectivity index (χ2n) is 7.62. The van der Waals surface area contributed by atoms with Gasteiger partial charge in [-0.15, -0.1) is 12.4 Å². The first-order valence-electron chi connectivity index (χ1n) is 9.77. The SMILES string of the molecule is COCC1(C(=O)N2CCC(C(=O)c3ccc(OC)cc3)CC2)CCNCC1.Cl. The summed E-state index contributed by atoms with van der Waals surface area (Å²) in [6.45, 7) is 3.45. The molecule has 2 aliphatic rings. The van der Waals surface area contributed by atoms with E-state index in [1.807, 2.05) is 29.2 Å². The van der Waals surface area contributed by atoms with Crippen LogP contribution in [0.15, 0.2) is 24.3 Å². The number of methoxy groups -OCH3 is 2. The van der Waals surface area contributed by atoms with Gasteiger partial charge in [0.25, 0.3) is 0 Å². The topological polar surface area (TPSA) is 67.9 Å². The fraction of sp³-hybridized carbons (Fsp3) is 0.619. The van der Waals surface area contributed by atoms with Gasteiger partial charge in [0.15, 0.2) is 5.78 Å². The van der Waals surface area contributed by atoms with Crippen LogP contribution in [0.4, 0.5) is 0 Å². The Kier molecular flexibility index (Phi) is 8.28. The van der Waals surface area contributed by atoms with Crippen molar-refractivity contribution in [2.24, 2.45) is 11.3 Å². The van der Waals surface area contributed by atoms with Gasteiger partial charge in [0.1, 0.15) is 5.75 Å². The van der Waals surface area contributed by atoms with Gasteiger partial charge in [-0.2, -0.15) is 0 Å². The number of amides is 1. The molecule has 156 valence electrons. The monoisotopic (exact) mass is 410 g/mol. The summed E-state index contributed by atoms with van der Waals surface area (Å²) >= 11 is 0. The third-order valence-corrected chi connectivity index (χ3v) is 5.96. The number of hydrogen-bond acceptors (Lipinski definition) is 5. The van der Waals surface area contributed by atoms with Gasteiger partial charge < -0.3 is 19.7 Å². The van der Waals surface area contributed by atoms with Gasteiger partial charge in [0.2, 0.25) is 5.91 Å². The van der Waals surface area contributed by atoms with Crippen molar-refractivity contribution in [3.05, 3.63) is 29.8 Å². The van der Waals surface area contributed by atoms with Gasteiger partial charge in [-0.3, -0.25) is 9.59 Å². The van der Waals surface area contributed by atoms with E-state index >= 15 is 0 Å². The Morgan fingerprint density at radius 1 is 1.11 bits per heavy atom. The van der Waals surface area contributed by atoms with Crippen molar-refractivity contribution in [1.29, 1.82) is 0 Å². The molecule has 7 heteroatoms. The van der Waals surface area contributed by atoms with Gasteiger partial charge in [0, 0.05) is 31.7 Å². The molecule has 1 aromatic rings. The van der Waals surface area contributed by atoms with Crippen molar-refractivity contribution in [2.75, 3.05) is 47.0 Å². The van der Waals surface area contributed by atoms with Gasteiger partial charge in [-0.1, -0.05) is 0 Å². The van der Waals surface area contributed by atoms with Crippen LogP contribution in [0.1, 0.15) is 36.0 Å². The zero-order valence-corrected chi connectivity index (χ0v) is 17.6. The molecule has 0 spiro atoms. The van der Waals surface area contributed by atoms with E-state index in [0.717, 1.165) is 50.1 Å². The van der Waals surface area contributed by atoms with E-state index in [1.54, 1.807) is 14.2 Å². The minimum Gasteiger partial charge on any atom is -0.497 e. The third-order valence-electron chi connectivity index (χ3n) is 5.96. The van der Waals surface area contributed by atoms with Crippen molar-refractivity contribution < 1.29 is 19.1 Å². The van der Waals surface area contributed by atoms with E-state index < -0.39 is 5.41 Å². The highest BCUT2D eigenvalue weighted by atomic mass is 35.5. The van der Waals surface area contributed by atoms with E-state index in [1.165, 1.54) is 0 Å². The van der Waals surface area contributed by atoms with E-state index in [9.17, 15) is 9.59 Å². The van der Waals surface area contributed by atoms with E-state index in [4.69, 9.17) is 9.47 Å². The molecule has 0 saturated carbocycles. The molecule has 2 saturated heterocycles. The number of nitrogens with zero attached hydrogens (tertiary/aromatic N) is 1. The van der Waals surface area contributed by atoms with Gasteiger partial charge in [-0.25, -0.2) is 0 Å². The molecule has 1 amide bonds. The van der Waals surface area contributed by atoms with Crippen LogP contribution in [-0.2, 0) is 9.53 Å². The largest absolute Gasteiger partial charge is 0.497 e. The summed E-state index contributed by atoms with van der Waals surface area (Å²) in [6.07, 6.45) is 3.06. The molecule has 0 radical (unpaired) electrons. The summed E-state index contributed by atoms with van der Waals surface area (Å²) in [5.41, 5.74) is 0.308. The first-order chi connectivity index (χ1) is 13.1. The molecular formula is C21H31ClN2O4. The Morgan fingerprint density at radius 2 is 1.71 bits per heavy atom. The molecule has 0 aliphatic carbocycles. The summed E-state index contributed by atoms with van der Waals surface area (Å²) in [6, 6.07) is 7.28. The molecule has 28 heavy (non-hydrogen) atoms. The number of nitrogens with one attached hydrogen (secondary N) is 1. The Morgan fingerprint density at radius 3 is 2.25 bits per heavy atom. The fourth-order valence-corrected chi connectivity index (χ4v) is 4.27. The molecule has 6 nitrogen and oxygen atoms in total. The van der Waals surface area contributed by atoms with Crippen LogP contribution < -0.4 is 10.1 Å². The van der Waals surface area contributed by atoms with Crippen LogP contribution in [0, 0.1) is 11.3 Å². The van der Waals surface area contributed by atoms with Crippen molar-refractivity contribution in [2.45, 2.75) is 25.7 Å². The number of carbonyl (C=O) groups is 2. The summed E-state index contributed by atoms with van der Waals surface area (Å²) in [4.78, 5) is 27.9. The maximum Gasteiger partial charge on any atom is 0.231 e. The highest BCUT2D eigenvalue weighted by Gasteiger charge is 2.43. The molecule has 1 N–H and O–H groups in total. The standard InChI is InChI=1S/C21H30N2O4.ClH/c1-26-15-21(9-11-22-12-10-21)20(25)23-13-7-17(8-14-23)19(24)16-3-5-18(27-2)6-4-16;/h3-6,17,22H,7-15H2,1-2H3;1H. The molecule has 2 aliphatic heterocycles. The quantitative estimate of drug-likeness (QED) is 0.730. The van der Waals surface area contributed by atoms with Crippen LogP contribution in [0.3, 0.4) is 0 Å². The minimum atomic E-state index is -0.410. The molecule has 1 aromatic carbocycles. The predicted octanol–water partition coefficient (Wildman–Crippen LogP) is 2.55. The van der Waals surface area contributed by atoms with E-state index in [0.29, 0.717) is 19.7 Å². The Labute approximate surface area is 173 Å². The first-order valence-corrected chi connectivity index (χ1v) is 9.77. The number of piperidine rings is 2. The van der Waals surface area contributed by atoms with E-state index in [2.05, 4.69) is 5.32 Å². The first kappa shape index (κ1) is 22.7. The van der Waals surface area contributed by atoms with Crippen LogP contribution >= 0.6 is 12.4 Å². The summed E-state index contributed by atoms with van der Waals surface area (Å²) in [5, 5.41) is 3.32. The van der Waals surface area contributed by atoms with Gasteiger partial charge >= 0.3 is 0 Å². The zero-order chi connectivity index (χ0) is 19.3. The van der Waals surface area contributed by atoms with Crippen LogP contribution in [0.2, 0.25) is 0 Å². The lowest BCUT2D eigenvalue weighted by Gasteiger charge is -2.41. The highest BCUT2D eigenvalue weighted by Crippen LogP contribution is 2.33. The molecule has 3 rings (SSSR count). The number of halogens is 1. The fourth-order valence-electron chi connectivity index (χ4n) is 4.27. The van der Waals surface area contributed by atoms with Gasteiger partial charge in [-0.05, 0) is 63.0 Å². The summed E-state index contributed by atoms with van der Waals surface area (Å²) < 4.78 is 10.5. The number of benzene rings is 1. The lowest BCUT2D eigenvalue weighted by atomic mass is 9.77.